The highest BCUT2D eigenvalue weighted by atomic mass is 32.1. The highest BCUT2D eigenvalue weighted by molar-refractivity contribution is 7.18. The van der Waals surface area contributed by atoms with Crippen LogP contribution in [0.15, 0.2) is 59.3 Å². The first-order valence-electron chi connectivity index (χ1n) is 8.03. The molecule has 0 radical (unpaired) electrons. The van der Waals surface area contributed by atoms with Gasteiger partial charge in [-0.1, -0.05) is 23.5 Å². The first-order chi connectivity index (χ1) is 12.8. The molecule has 2 aromatic heterocycles. The minimum Gasteiger partial charge on any atom is -0.445 e. The molecule has 0 aliphatic carbocycles. The van der Waals surface area contributed by atoms with E-state index in [2.05, 4.69) is 20.6 Å². The van der Waals surface area contributed by atoms with Gasteiger partial charge in [0.1, 0.15) is 11.3 Å². The molecular weight excluding hydrogens is 348 g/mol. The van der Waals surface area contributed by atoms with E-state index in [1.54, 1.807) is 12.5 Å². The zero-order valence-electron chi connectivity index (χ0n) is 13.6. The zero-order valence-corrected chi connectivity index (χ0v) is 14.4. The van der Waals surface area contributed by atoms with Gasteiger partial charge in [-0.15, -0.1) is 10.2 Å². The molecule has 1 aliphatic rings. The van der Waals surface area contributed by atoms with Crippen molar-refractivity contribution in [1.29, 1.82) is 0 Å². The third-order valence-electron chi connectivity index (χ3n) is 4.15. The van der Waals surface area contributed by atoms with Crippen molar-refractivity contribution in [3.63, 3.8) is 0 Å². The molecule has 5 rings (SSSR count). The summed E-state index contributed by atoms with van der Waals surface area (Å²) in [5, 5.41) is 12.3. The molecule has 0 saturated carbocycles. The van der Waals surface area contributed by atoms with Crippen LogP contribution in [-0.4, -0.2) is 15.2 Å². The summed E-state index contributed by atoms with van der Waals surface area (Å²) in [4.78, 5) is 4.19. The summed E-state index contributed by atoms with van der Waals surface area (Å²) < 4.78 is 5.37. The van der Waals surface area contributed by atoms with E-state index < -0.39 is 0 Å². The fraction of sp³-hybridized carbons (Fsp3) is 0.0556. The molecule has 4 aromatic rings. The average molecular weight is 362 g/mol. The molecular formula is C18H14N6OS. The topological polar surface area (TPSA) is 93.1 Å². The molecule has 8 heteroatoms. The van der Waals surface area contributed by atoms with Crippen LogP contribution in [-0.2, 0) is 6.54 Å². The smallest absolute Gasteiger partial charge is 0.227 e. The number of hydrazine groups is 1. The Hall–Kier alpha value is -3.39. The Morgan fingerprint density at radius 3 is 2.92 bits per heavy atom. The van der Waals surface area contributed by atoms with Crippen molar-refractivity contribution in [1.82, 2.24) is 15.2 Å². The molecule has 7 nitrogen and oxygen atoms in total. The zero-order chi connectivity index (χ0) is 17.5. The minimum absolute atomic E-state index is 0.589. The summed E-state index contributed by atoms with van der Waals surface area (Å²) in [6, 6.07) is 13.8. The van der Waals surface area contributed by atoms with E-state index in [4.69, 9.17) is 10.2 Å². The maximum Gasteiger partial charge on any atom is 0.227 e. The maximum atomic E-state index is 5.86. The van der Waals surface area contributed by atoms with Crippen molar-refractivity contribution in [2.75, 3.05) is 16.2 Å². The number of nitrogens with one attached hydrogen (secondary N) is 1. The van der Waals surface area contributed by atoms with Crippen LogP contribution in [0.4, 0.5) is 16.5 Å². The van der Waals surface area contributed by atoms with Crippen molar-refractivity contribution >= 4 is 27.8 Å². The minimum atomic E-state index is 0.589. The molecule has 0 spiro atoms. The average Bonchev–Trinajstić information content (AvgIpc) is 3.40. The van der Waals surface area contributed by atoms with Gasteiger partial charge in [-0.3, -0.25) is 10.4 Å². The highest BCUT2D eigenvalue weighted by Gasteiger charge is 2.22. The lowest BCUT2D eigenvalue weighted by molar-refractivity contribution is 0.574. The Bertz CT molecular complexity index is 1070. The number of benzene rings is 2. The van der Waals surface area contributed by atoms with Gasteiger partial charge in [-0.25, -0.2) is 4.98 Å². The lowest BCUT2D eigenvalue weighted by Gasteiger charge is -2.13. The number of nitrogens with zero attached hydrogens (tertiary/aromatic N) is 4. The normalized spacial score (nSPS) is 12.8. The molecule has 0 amide bonds. The molecule has 2 aromatic carbocycles. The van der Waals surface area contributed by atoms with Crippen molar-refractivity contribution < 1.29 is 4.42 Å². The van der Waals surface area contributed by atoms with Crippen LogP contribution in [0.5, 0.6) is 0 Å². The number of fused-ring (bicyclic) bond motifs is 1. The number of anilines is 3. The van der Waals surface area contributed by atoms with Crippen molar-refractivity contribution in [2.24, 2.45) is 0 Å². The van der Waals surface area contributed by atoms with Crippen LogP contribution in [0.3, 0.4) is 0 Å². The fourth-order valence-corrected chi connectivity index (χ4v) is 3.72. The predicted molar refractivity (Wildman–Crippen MR) is 102 cm³/mol. The van der Waals surface area contributed by atoms with E-state index in [0.29, 0.717) is 12.4 Å². The Balaban J connectivity index is 1.42. The van der Waals surface area contributed by atoms with Gasteiger partial charge in [-0.05, 0) is 30.3 Å². The second-order valence-electron chi connectivity index (χ2n) is 5.92. The van der Waals surface area contributed by atoms with Crippen LogP contribution in [0.25, 0.3) is 22.0 Å². The van der Waals surface area contributed by atoms with Crippen LogP contribution in [0.1, 0.15) is 5.56 Å². The van der Waals surface area contributed by atoms with Gasteiger partial charge < -0.3 is 10.2 Å². The van der Waals surface area contributed by atoms with Gasteiger partial charge in [0.05, 0.1) is 18.4 Å². The van der Waals surface area contributed by atoms with Gasteiger partial charge in [0.15, 0.2) is 0 Å². The van der Waals surface area contributed by atoms with E-state index in [0.717, 1.165) is 38.2 Å². The Kier molecular flexibility index (Phi) is 3.36. The second-order valence-corrected chi connectivity index (χ2v) is 6.88. The van der Waals surface area contributed by atoms with E-state index in [1.807, 2.05) is 47.5 Å². The SMILES string of the molecule is Nc1ccc2c(c1)CN(c1nnc(-c3cccc(-c4ncco4)c3)s1)N2. The van der Waals surface area contributed by atoms with Gasteiger partial charge in [0.2, 0.25) is 11.0 Å². The highest BCUT2D eigenvalue weighted by Crippen LogP contribution is 2.35. The molecule has 128 valence electrons. The summed E-state index contributed by atoms with van der Waals surface area (Å²) in [5.74, 6) is 0.589. The summed E-state index contributed by atoms with van der Waals surface area (Å²) in [6.45, 7) is 0.700. The molecule has 0 unspecified atom stereocenters. The Labute approximate surface area is 153 Å². The third kappa shape index (κ3) is 2.56. The molecule has 0 atom stereocenters. The van der Waals surface area contributed by atoms with Gasteiger partial charge in [0, 0.05) is 22.4 Å². The maximum absolute atomic E-state index is 5.86. The van der Waals surface area contributed by atoms with Crippen molar-refractivity contribution in [2.45, 2.75) is 6.54 Å². The summed E-state index contributed by atoms with van der Waals surface area (Å²) in [5.41, 5.74) is 14.0. The third-order valence-corrected chi connectivity index (χ3v) is 5.14. The van der Waals surface area contributed by atoms with Crippen molar-refractivity contribution in [3.8, 4) is 22.0 Å². The molecule has 3 N–H and O–H groups in total. The number of hydrogen-bond donors (Lipinski definition) is 2. The Morgan fingerprint density at radius 2 is 2.04 bits per heavy atom. The van der Waals surface area contributed by atoms with E-state index >= 15 is 0 Å². The van der Waals surface area contributed by atoms with Crippen LogP contribution in [0, 0.1) is 0 Å². The quantitative estimate of drug-likeness (QED) is 0.536. The molecule has 26 heavy (non-hydrogen) atoms. The lowest BCUT2D eigenvalue weighted by Crippen LogP contribution is -2.22. The van der Waals surface area contributed by atoms with Gasteiger partial charge in [0.25, 0.3) is 0 Å². The van der Waals surface area contributed by atoms with Gasteiger partial charge >= 0.3 is 0 Å². The van der Waals surface area contributed by atoms with Crippen molar-refractivity contribution in [3.05, 3.63) is 60.5 Å². The summed E-state index contributed by atoms with van der Waals surface area (Å²) in [6.07, 6.45) is 3.20. The monoisotopic (exact) mass is 362 g/mol. The molecule has 0 fully saturated rings. The van der Waals surface area contributed by atoms with E-state index in [9.17, 15) is 0 Å². The van der Waals surface area contributed by atoms with E-state index in [1.165, 1.54) is 11.3 Å². The number of nitrogen functional groups attached to an aromatic ring is 1. The summed E-state index contributed by atoms with van der Waals surface area (Å²) in [7, 11) is 0. The molecule has 0 bridgehead atoms. The lowest BCUT2D eigenvalue weighted by atomic mass is 10.1. The van der Waals surface area contributed by atoms with Crippen LogP contribution >= 0.6 is 11.3 Å². The number of rotatable bonds is 3. The molecule has 3 heterocycles. The molecule has 1 aliphatic heterocycles. The summed E-state index contributed by atoms with van der Waals surface area (Å²) >= 11 is 1.52. The number of aromatic nitrogens is 3. The number of oxazole rings is 1. The number of nitrogens with two attached hydrogens (primary N) is 1. The number of hydrogen-bond acceptors (Lipinski definition) is 8. The van der Waals surface area contributed by atoms with Gasteiger partial charge in [-0.2, -0.15) is 0 Å². The largest absolute Gasteiger partial charge is 0.445 e. The fourth-order valence-electron chi connectivity index (χ4n) is 2.92. The first kappa shape index (κ1) is 14.9. The van der Waals surface area contributed by atoms with Crippen LogP contribution in [0.2, 0.25) is 0 Å². The first-order valence-corrected chi connectivity index (χ1v) is 8.84. The van der Waals surface area contributed by atoms with E-state index in [-0.39, 0.29) is 0 Å². The van der Waals surface area contributed by atoms with Crippen LogP contribution < -0.4 is 16.2 Å². The second kappa shape index (κ2) is 5.85. The Morgan fingerprint density at radius 1 is 1.12 bits per heavy atom. The molecule has 0 saturated heterocycles. The predicted octanol–water partition coefficient (Wildman–Crippen LogP) is 3.79. The standard InChI is InChI=1S/C18H14N6OS/c19-14-4-5-15-13(9-14)10-24(23-15)18-22-21-17(26-18)12-3-1-2-11(8-12)16-20-6-7-25-16/h1-9,23H,10,19H2.